The molecule has 1 saturated heterocycles. The molecule has 4 nitrogen and oxygen atoms in total. The lowest BCUT2D eigenvalue weighted by Gasteiger charge is -2.37. The van der Waals surface area contributed by atoms with Crippen LogP contribution in [0.5, 0.6) is 0 Å². The third-order valence-corrected chi connectivity index (χ3v) is 6.78. The number of imide groups is 1. The number of carbonyl (C=O) groups excluding carboxylic acids is 2. The Labute approximate surface area is 151 Å². The summed E-state index contributed by atoms with van der Waals surface area (Å²) in [7, 11) is 0. The van der Waals surface area contributed by atoms with Crippen LogP contribution in [0.15, 0.2) is 59.7 Å². The molecule has 2 saturated carbocycles. The lowest BCUT2D eigenvalue weighted by Crippen LogP contribution is -2.40. The van der Waals surface area contributed by atoms with Gasteiger partial charge in [-0.3, -0.25) is 9.59 Å². The largest absolute Gasteiger partial charge is 0.272 e. The molecule has 26 heavy (non-hydrogen) atoms. The van der Waals surface area contributed by atoms with Crippen LogP contribution in [0, 0.1) is 35.5 Å². The predicted molar refractivity (Wildman–Crippen MR) is 98.1 cm³/mol. The van der Waals surface area contributed by atoms with Crippen molar-refractivity contribution in [3.63, 3.8) is 0 Å². The van der Waals surface area contributed by atoms with Gasteiger partial charge < -0.3 is 0 Å². The molecule has 3 fully saturated rings. The third-order valence-electron chi connectivity index (χ3n) is 6.78. The van der Waals surface area contributed by atoms with E-state index in [1.165, 1.54) is 6.42 Å². The van der Waals surface area contributed by atoms with Crippen LogP contribution >= 0.6 is 0 Å². The fourth-order valence-electron chi connectivity index (χ4n) is 5.54. The highest BCUT2D eigenvalue weighted by Crippen LogP contribution is 2.65. The van der Waals surface area contributed by atoms with E-state index in [9.17, 15) is 9.59 Å². The summed E-state index contributed by atoms with van der Waals surface area (Å²) >= 11 is 0. The predicted octanol–water partition coefficient (Wildman–Crippen LogP) is 3.23. The summed E-state index contributed by atoms with van der Waals surface area (Å²) in [5, 5.41) is 7.68. The maximum absolute atomic E-state index is 12.9. The zero-order valence-corrected chi connectivity index (χ0v) is 14.2. The van der Waals surface area contributed by atoms with E-state index in [-0.39, 0.29) is 35.5 Å². The van der Waals surface area contributed by atoms with E-state index >= 15 is 0 Å². The van der Waals surface area contributed by atoms with E-state index in [0.717, 1.165) is 21.3 Å². The third kappa shape index (κ3) is 1.77. The van der Waals surface area contributed by atoms with Crippen molar-refractivity contribution in [3.05, 3.63) is 60.2 Å². The van der Waals surface area contributed by atoms with Crippen LogP contribution in [0.3, 0.4) is 0 Å². The molecular formula is C22H18N2O2. The van der Waals surface area contributed by atoms with Crippen LogP contribution in [-0.2, 0) is 9.59 Å². The Balaban J connectivity index is 1.36. The highest BCUT2D eigenvalue weighted by molar-refractivity contribution is 6.07. The van der Waals surface area contributed by atoms with E-state index < -0.39 is 0 Å². The van der Waals surface area contributed by atoms with Gasteiger partial charge in [-0.15, -0.1) is 0 Å². The molecule has 0 N–H and O–H groups in total. The lowest BCUT2D eigenvalue weighted by atomic mass is 9.63. The molecule has 4 heteroatoms. The van der Waals surface area contributed by atoms with Crippen LogP contribution in [0.25, 0.3) is 10.8 Å². The van der Waals surface area contributed by atoms with Gasteiger partial charge in [0.25, 0.3) is 11.8 Å². The number of rotatable bonds is 2. The number of nitrogens with zero attached hydrogens (tertiary/aromatic N) is 2. The van der Waals surface area contributed by atoms with Crippen molar-refractivity contribution >= 4 is 28.8 Å². The maximum Gasteiger partial charge on any atom is 0.254 e. The number of amides is 2. The maximum atomic E-state index is 12.9. The number of fused-ring (bicyclic) bond motifs is 1. The molecular weight excluding hydrogens is 324 g/mol. The van der Waals surface area contributed by atoms with Crippen molar-refractivity contribution < 1.29 is 9.59 Å². The summed E-state index contributed by atoms with van der Waals surface area (Å²) in [5.41, 5.74) is 0.919. The molecule has 1 aliphatic heterocycles. The molecule has 0 aromatic heterocycles. The second-order valence-corrected chi connectivity index (χ2v) is 7.96. The average Bonchev–Trinajstić information content (AvgIpc) is 3.45. The molecule has 6 atom stereocenters. The van der Waals surface area contributed by atoms with Crippen LogP contribution in [0.4, 0.5) is 0 Å². The zero-order chi connectivity index (χ0) is 17.4. The van der Waals surface area contributed by atoms with E-state index in [0.29, 0.717) is 11.8 Å². The van der Waals surface area contributed by atoms with Crippen molar-refractivity contribution in [1.29, 1.82) is 0 Å². The van der Waals surface area contributed by atoms with E-state index in [1.807, 2.05) is 42.5 Å². The molecule has 5 aliphatic rings. The molecule has 2 aromatic carbocycles. The molecule has 2 amide bonds. The molecule has 0 spiro atoms. The SMILES string of the molecule is O=C1[C@@H]2[C@H]3C=C[C@@H]([C@@H]4C[C@H]34)[C@@H]2C(=O)N1/N=C\c1cccc2ccccc12. The van der Waals surface area contributed by atoms with Crippen LogP contribution in [-0.4, -0.2) is 23.0 Å². The summed E-state index contributed by atoms with van der Waals surface area (Å²) in [6, 6.07) is 14.0. The average molecular weight is 342 g/mol. The molecule has 2 bridgehead atoms. The van der Waals surface area contributed by atoms with Crippen LogP contribution in [0.2, 0.25) is 0 Å². The Morgan fingerprint density at radius 1 is 0.885 bits per heavy atom. The fraction of sp³-hybridized carbons (Fsp3) is 0.318. The second-order valence-electron chi connectivity index (χ2n) is 7.96. The lowest BCUT2D eigenvalue weighted by molar-refractivity contribution is -0.140. The van der Waals surface area contributed by atoms with Crippen molar-refractivity contribution in [3.8, 4) is 0 Å². The first-order valence-electron chi connectivity index (χ1n) is 9.32. The highest BCUT2D eigenvalue weighted by Gasteiger charge is 2.67. The number of hydrogen-bond donors (Lipinski definition) is 0. The first-order chi connectivity index (χ1) is 12.7. The van der Waals surface area contributed by atoms with Gasteiger partial charge in [0.2, 0.25) is 0 Å². The Morgan fingerprint density at radius 2 is 1.54 bits per heavy atom. The summed E-state index contributed by atoms with van der Waals surface area (Å²) in [6.45, 7) is 0. The van der Waals surface area contributed by atoms with Crippen molar-refractivity contribution in [1.82, 2.24) is 5.01 Å². The van der Waals surface area contributed by atoms with Gasteiger partial charge in [-0.25, -0.2) is 0 Å². The molecule has 0 radical (unpaired) electrons. The van der Waals surface area contributed by atoms with Gasteiger partial charge in [0.15, 0.2) is 0 Å². The van der Waals surface area contributed by atoms with Crippen molar-refractivity contribution in [2.45, 2.75) is 6.42 Å². The Morgan fingerprint density at radius 3 is 2.27 bits per heavy atom. The highest BCUT2D eigenvalue weighted by atomic mass is 16.2. The molecule has 0 unspecified atom stereocenters. The topological polar surface area (TPSA) is 49.7 Å². The van der Waals surface area contributed by atoms with Gasteiger partial charge in [-0.2, -0.15) is 10.1 Å². The molecule has 7 rings (SSSR count). The molecule has 1 heterocycles. The van der Waals surface area contributed by atoms with Crippen molar-refractivity contribution in [2.75, 3.05) is 0 Å². The minimum absolute atomic E-state index is 0.110. The van der Waals surface area contributed by atoms with E-state index in [1.54, 1.807) is 6.21 Å². The first-order valence-corrected chi connectivity index (χ1v) is 9.32. The minimum atomic E-state index is -0.189. The number of hydrazone groups is 1. The quantitative estimate of drug-likeness (QED) is 0.478. The Kier molecular flexibility index (Phi) is 2.72. The van der Waals surface area contributed by atoms with Gasteiger partial charge in [0.1, 0.15) is 0 Å². The van der Waals surface area contributed by atoms with Gasteiger partial charge >= 0.3 is 0 Å². The molecule has 128 valence electrons. The Hall–Kier alpha value is -2.75. The zero-order valence-electron chi connectivity index (χ0n) is 14.2. The number of allylic oxidation sites excluding steroid dienone is 2. The summed E-state index contributed by atoms with van der Waals surface area (Å²) in [4.78, 5) is 25.9. The van der Waals surface area contributed by atoms with Gasteiger partial charge in [-0.05, 0) is 40.9 Å². The monoisotopic (exact) mass is 342 g/mol. The molecule has 2 aromatic rings. The number of benzene rings is 2. The normalized spacial score (nSPS) is 36.8. The summed E-state index contributed by atoms with van der Waals surface area (Å²) in [6.07, 6.45) is 7.20. The van der Waals surface area contributed by atoms with Crippen molar-refractivity contribution in [2.24, 2.45) is 40.6 Å². The minimum Gasteiger partial charge on any atom is -0.272 e. The Bertz CT molecular complexity index is 982. The first kappa shape index (κ1) is 14.4. The fourth-order valence-corrected chi connectivity index (χ4v) is 5.54. The second kappa shape index (κ2) is 4.91. The van der Waals surface area contributed by atoms with Gasteiger partial charge in [-0.1, -0.05) is 54.6 Å². The smallest absolute Gasteiger partial charge is 0.254 e. The van der Waals surface area contributed by atoms with Gasteiger partial charge in [0.05, 0.1) is 18.1 Å². The summed E-state index contributed by atoms with van der Waals surface area (Å²) < 4.78 is 0. The molecule has 4 aliphatic carbocycles. The summed E-state index contributed by atoms with van der Waals surface area (Å²) in [5.74, 6) is 1.11. The van der Waals surface area contributed by atoms with E-state index in [4.69, 9.17) is 0 Å². The number of carbonyl (C=O) groups is 2. The number of hydrogen-bond acceptors (Lipinski definition) is 3. The van der Waals surface area contributed by atoms with Crippen LogP contribution < -0.4 is 0 Å². The van der Waals surface area contributed by atoms with Crippen LogP contribution in [0.1, 0.15) is 12.0 Å². The van der Waals surface area contributed by atoms with Gasteiger partial charge in [0, 0.05) is 5.56 Å². The van der Waals surface area contributed by atoms with E-state index in [2.05, 4.69) is 17.3 Å². The standard InChI is InChI=1S/C22H18N2O2/c25-21-19-15-8-9-16(18-10-17(15)18)20(19)22(26)24(21)23-11-13-6-3-5-12-4-1-2-7-14(12)13/h1-9,11,15-20H,10H2/b23-11-/t15-,16-,17-,18+,19-,20+/m0/s1.